The van der Waals surface area contributed by atoms with Crippen LogP contribution < -0.4 is 0 Å². The van der Waals surface area contributed by atoms with Gasteiger partial charge in [0.05, 0.1) is 18.6 Å². The maximum atomic E-state index is 12.3. The average molecular weight is 310 g/mol. The molecule has 1 aromatic rings. The van der Waals surface area contributed by atoms with E-state index in [2.05, 4.69) is 10.2 Å². The summed E-state index contributed by atoms with van der Waals surface area (Å²) < 4.78 is 31.2. The number of sulfonamides is 1. The Morgan fingerprint density at radius 1 is 1.47 bits per heavy atom. The fourth-order valence-corrected chi connectivity index (χ4v) is 3.20. The quantitative estimate of drug-likeness (QED) is 0.775. The molecule has 19 heavy (non-hydrogen) atoms. The fourth-order valence-electron chi connectivity index (χ4n) is 1.49. The van der Waals surface area contributed by atoms with Gasteiger partial charge in [-0.05, 0) is 20.8 Å². The van der Waals surface area contributed by atoms with Gasteiger partial charge in [0.2, 0.25) is 0 Å². The first-order valence-electron chi connectivity index (χ1n) is 5.98. The number of H-pyrrole nitrogens is 1. The van der Waals surface area contributed by atoms with Crippen LogP contribution in [-0.2, 0) is 20.6 Å². The van der Waals surface area contributed by atoms with Gasteiger partial charge in [0.25, 0.3) is 10.0 Å². The van der Waals surface area contributed by atoms with Crippen molar-refractivity contribution < 1.29 is 13.2 Å². The summed E-state index contributed by atoms with van der Waals surface area (Å²) in [5.41, 5.74) is 1.18. The van der Waals surface area contributed by atoms with Crippen LogP contribution in [0.1, 0.15) is 25.1 Å². The van der Waals surface area contributed by atoms with E-state index in [9.17, 15) is 8.42 Å². The molecule has 0 bridgehead atoms. The molecule has 0 saturated heterocycles. The third-order valence-corrected chi connectivity index (χ3v) is 4.78. The van der Waals surface area contributed by atoms with Gasteiger partial charge in [-0.25, -0.2) is 8.42 Å². The van der Waals surface area contributed by atoms with Crippen LogP contribution in [0.25, 0.3) is 0 Å². The van der Waals surface area contributed by atoms with Gasteiger partial charge < -0.3 is 4.74 Å². The van der Waals surface area contributed by atoms with Crippen molar-refractivity contribution in [3.63, 3.8) is 0 Å². The van der Waals surface area contributed by atoms with E-state index in [-0.39, 0.29) is 23.6 Å². The second-order valence-electron chi connectivity index (χ2n) is 4.51. The number of nitrogens with one attached hydrogen (secondary N) is 1. The standard InChI is InChI=1S/C11H20ClN3O3S/c1-8(2)18-6-5-15(4)19(16,17)11-10(7-12)9(3)13-14-11/h8H,5-7H2,1-4H3,(H,13,14). The Labute approximate surface area is 119 Å². The molecule has 0 atom stereocenters. The molecule has 0 aliphatic rings. The molecule has 1 heterocycles. The lowest BCUT2D eigenvalue weighted by Gasteiger charge is -2.17. The van der Waals surface area contributed by atoms with E-state index in [0.717, 1.165) is 0 Å². The van der Waals surface area contributed by atoms with Crippen LogP contribution in [0.5, 0.6) is 0 Å². The molecule has 8 heteroatoms. The number of rotatable bonds is 7. The third-order valence-electron chi connectivity index (χ3n) is 2.68. The summed E-state index contributed by atoms with van der Waals surface area (Å²) in [5.74, 6) is 0.104. The Balaban J connectivity index is 2.85. The van der Waals surface area contributed by atoms with Crippen LogP contribution in [0, 0.1) is 6.92 Å². The second kappa shape index (κ2) is 6.69. The lowest BCUT2D eigenvalue weighted by molar-refractivity contribution is 0.0737. The molecular formula is C11H20ClN3O3S. The predicted octanol–water partition coefficient (Wildman–Crippen LogP) is 1.50. The molecule has 0 radical (unpaired) electrons. The number of aryl methyl sites for hydroxylation is 1. The summed E-state index contributed by atoms with van der Waals surface area (Å²) in [5, 5.41) is 6.49. The van der Waals surface area contributed by atoms with E-state index in [1.165, 1.54) is 11.4 Å². The number of nitrogens with zero attached hydrogens (tertiary/aromatic N) is 2. The first-order chi connectivity index (χ1) is 8.80. The number of alkyl halides is 1. The maximum Gasteiger partial charge on any atom is 0.262 e. The topological polar surface area (TPSA) is 75.3 Å². The average Bonchev–Trinajstić information content (AvgIpc) is 2.70. The van der Waals surface area contributed by atoms with Crippen LogP contribution in [-0.4, -0.2) is 49.2 Å². The smallest absolute Gasteiger partial charge is 0.262 e. The van der Waals surface area contributed by atoms with Crippen molar-refractivity contribution >= 4 is 21.6 Å². The molecule has 1 aromatic heterocycles. The van der Waals surface area contributed by atoms with Crippen LogP contribution in [0.2, 0.25) is 0 Å². The zero-order valence-electron chi connectivity index (χ0n) is 11.6. The highest BCUT2D eigenvalue weighted by Gasteiger charge is 2.27. The van der Waals surface area contributed by atoms with E-state index in [1.54, 1.807) is 6.92 Å². The van der Waals surface area contributed by atoms with E-state index < -0.39 is 10.0 Å². The molecule has 0 aliphatic heterocycles. The summed E-state index contributed by atoms with van der Waals surface area (Å²) in [6.45, 7) is 6.15. The van der Waals surface area contributed by atoms with Gasteiger partial charge in [0.1, 0.15) is 0 Å². The number of hydrogen-bond acceptors (Lipinski definition) is 4. The van der Waals surface area contributed by atoms with Crippen LogP contribution in [0.15, 0.2) is 5.03 Å². The number of halogens is 1. The van der Waals surface area contributed by atoms with Crippen LogP contribution >= 0.6 is 11.6 Å². The van der Waals surface area contributed by atoms with E-state index in [1.807, 2.05) is 13.8 Å². The van der Waals surface area contributed by atoms with Gasteiger partial charge in [-0.2, -0.15) is 9.40 Å². The Hall–Kier alpha value is -0.630. The molecule has 110 valence electrons. The summed E-state index contributed by atoms with van der Waals surface area (Å²) >= 11 is 5.77. The molecule has 0 unspecified atom stereocenters. The molecule has 0 aromatic carbocycles. The van der Waals surface area contributed by atoms with Crippen molar-refractivity contribution in [1.82, 2.24) is 14.5 Å². The number of hydrogen-bond donors (Lipinski definition) is 1. The van der Waals surface area contributed by atoms with Gasteiger partial charge in [0, 0.05) is 24.8 Å². The third kappa shape index (κ3) is 3.92. The predicted molar refractivity (Wildman–Crippen MR) is 73.8 cm³/mol. The minimum atomic E-state index is -3.63. The molecule has 0 saturated carbocycles. The number of ether oxygens (including phenoxy) is 1. The highest BCUT2D eigenvalue weighted by Crippen LogP contribution is 2.21. The first-order valence-corrected chi connectivity index (χ1v) is 7.96. The van der Waals surface area contributed by atoms with Crippen molar-refractivity contribution in [3.05, 3.63) is 11.3 Å². The largest absolute Gasteiger partial charge is 0.377 e. The first kappa shape index (κ1) is 16.4. The molecule has 0 fully saturated rings. The zero-order valence-corrected chi connectivity index (χ0v) is 13.2. The lowest BCUT2D eigenvalue weighted by atomic mass is 10.3. The Morgan fingerprint density at radius 3 is 2.63 bits per heavy atom. The van der Waals surface area contributed by atoms with Gasteiger partial charge in [-0.15, -0.1) is 11.6 Å². The van der Waals surface area contributed by atoms with Crippen molar-refractivity contribution in [2.24, 2.45) is 0 Å². The lowest BCUT2D eigenvalue weighted by Crippen LogP contribution is -2.31. The summed E-state index contributed by atoms with van der Waals surface area (Å²) in [6, 6.07) is 0. The molecule has 0 spiro atoms. The SMILES string of the molecule is Cc1[nH]nc(S(=O)(=O)N(C)CCOC(C)C)c1CCl. The Kier molecular flexibility index (Phi) is 5.79. The van der Waals surface area contributed by atoms with E-state index in [0.29, 0.717) is 17.9 Å². The number of likely N-dealkylation sites (N-methyl/N-ethyl adjacent to an activating group) is 1. The van der Waals surface area contributed by atoms with Gasteiger partial charge in [0.15, 0.2) is 5.03 Å². The van der Waals surface area contributed by atoms with E-state index >= 15 is 0 Å². The number of aromatic nitrogens is 2. The van der Waals surface area contributed by atoms with Crippen molar-refractivity contribution in [2.75, 3.05) is 20.2 Å². The van der Waals surface area contributed by atoms with Gasteiger partial charge >= 0.3 is 0 Å². The van der Waals surface area contributed by atoms with E-state index in [4.69, 9.17) is 16.3 Å². The summed E-state index contributed by atoms with van der Waals surface area (Å²) in [6.07, 6.45) is 0.0714. The Morgan fingerprint density at radius 2 is 2.11 bits per heavy atom. The van der Waals surface area contributed by atoms with Crippen molar-refractivity contribution in [1.29, 1.82) is 0 Å². The zero-order chi connectivity index (χ0) is 14.6. The van der Waals surface area contributed by atoms with Gasteiger partial charge in [-0.3, -0.25) is 5.10 Å². The van der Waals surface area contributed by atoms with Crippen molar-refractivity contribution in [3.8, 4) is 0 Å². The molecule has 0 amide bonds. The highest BCUT2D eigenvalue weighted by molar-refractivity contribution is 7.89. The maximum absolute atomic E-state index is 12.3. The molecule has 1 N–H and O–H groups in total. The normalized spacial score (nSPS) is 12.6. The highest BCUT2D eigenvalue weighted by atomic mass is 35.5. The van der Waals surface area contributed by atoms with Crippen molar-refractivity contribution in [2.45, 2.75) is 37.8 Å². The molecule has 6 nitrogen and oxygen atoms in total. The second-order valence-corrected chi connectivity index (χ2v) is 6.74. The minimum absolute atomic E-state index is 0.00736. The molecule has 1 rings (SSSR count). The van der Waals surface area contributed by atoms with Crippen LogP contribution in [0.3, 0.4) is 0 Å². The molecular weight excluding hydrogens is 290 g/mol. The van der Waals surface area contributed by atoms with Gasteiger partial charge in [-0.1, -0.05) is 0 Å². The van der Waals surface area contributed by atoms with Crippen LogP contribution in [0.4, 0.5) is 0 Å². The minimum Gasteiger partial charge on any atom is -0.377 e. The monoisotopic (exact) mass is 309 g/mol. The fraction of sp³-hybridized carbons (Fsp3) is 0.727. The number of aromatic amines is 1. The summed E-state index contributed by atoms with van der Waals surface area (Å²) in [4.78, 5) is 0. The summed E-state index contributed by atoms with van der Waals surface area (Å²) in [7, 11) is -2.13. The molecule has 0 aliphatic carbocycles. The Bertz CT molecular complexity index is 513.